The van der Waals surface area contributed by atoms with Crippen LogP contribution in [0.1, 0.15) is 38.2 Å². The number of aromatic amines is 1. The number of hydrogen-bond donors (Lipinski definition) is 2. The van der Waals surface area contributed by atoms with Crippen molar-refractivity contribution in [2.45, 2.75) is 39.0 Å². The van der Waals surface area contributed by atoms with Crippen molar-refractivity contribution >= 4 is 11.7 Å². The lowest BCUT2D eigenvalue weighted by Gasteiger charge is -2.24. The van der Waals surface area contributed by atoms with E-state index in [9.17, 15) is 4.79 Å². The van der Waals surface area contributed by atoms with Crippen LogP contribution >= 0.6 is 0 Å². The molecule has 0 atom stereocenters. The summed E-state index contributed by atoms with van der Waals surface area (Å²) in [7, 11) is 0. The maximum Gasteiger partial charge on any atom is 0.225 e. The lowest BCUT2D eigenvalue weighted by molar-refractivity contribution is -0.117. The number of hydrogen-bond acceptors (Lipinski definition) is 2. The molecular formula is C11H17N3O. The molecule has 0 aromatic carbocycles. The lowest BCUT2D eigenvalue weighted by atomic mass is 9.83. The third-order valence-corrected chi connectivity index (χ3v) is 3.06. The first-order chi connectivity index (χ1) is 7.29. The van der Waals surface area contributed by atoms with Crippen LogP contribution in [0.4, 0.5) is 5.82 Å². The van der Waals surface area contributed by atoms with E-state index in [0.29, 0.717) is 12.3 Å². The van der Waals surface area contributed by atoms with E-state index in [4.69, 9.17) is 0 Å². The van der Waals surface area contributed by atoms with E-state index in [0.717, 1.165) is 17.8 Å². The van der Waals surface area contributed by atoms with Crippen LogP contribution in [0, 0.1) is 5.92 Å². The molecule has 0 radical (unpaired) electrons. The van der Waals surface area contributed by atoms with E-state index in [1.165, 1.54) is 19.3 Å². The van der Waals surface area contributed by atoms with Crippen molar-refractivity contribution in [3.8, 4) is 0 Å². The van der Waals surface area contributed by atoms with Crippen molar-refractivity contribution < 1.29 is 4.79 Å². The molecule has 1 saturated carbocycles. The predicted molar refractivity (Wildman–Crippen MR) is 58.6 cm³/mol. The van der Waals surface area contributed by atoms with Gasteiger partial charge in [-0.1, -0.05) is 13.3 Å². The fraction of sp³-hybridized carbons (Fsp3) is 0.636. The molecular weight excluding hydrogens is 190 g/mol. The minimum absolute atomic E-state index is 0.110. The average molecular weight is 207 g/mol. The van der Waals surface area contributed by atoms with Crippen molar-refractivity contribution in [2.75, 3.05) is 5.32 Å². The molecule has 1 aromatic heterocycles. The van der Waals surface area contributed by atoms with Gasteiger partial charge < -0.3 is 5.32 Å². The Morgan fingerprint density at radius 2 is 2.47 bits per heavy atom. The number of carbonyl (C=O) groups excluding carboxylic acids is 1. The molecule has 0 spiro atoms. The Bertz CT molecular complexity index is 341. The second-order valence-electron chi connectivity index (χ2n) is 4.17. The molecule has 1 aliphatic rings. The predicted octanol–water partition coefficient (Wildman–Crippen LogP) is 2.10. The van der Waals surface area contributed by atoms with Crippen LogP contribution in [0.5, 0.6) is 0 Å². The van der Waals surface area contributed by atoms with Crippen LogP contribution in [0.2, 0.25) is 0 Å². The monoisotopic (exact) mass is 207 g/mol. The molecule has 1 heterocycles. The van der Waals surface area contributed by atoms with Crippen molar-refractivity contribution in [3.05, 3.63) is 11.8 Å². The first kappa shape index (κ1) is 10.2. The molecule has 0 unspecified atom stereocenters. The van der Waals surface area contributed by atoms with Crippen LogP contribution < -0.4 is 5.32 Å². The smallest absolute Gasteiger partial charge is 0.225 e. The molecule has 2 N–H and O–H groups in total. The summed E-state index contributed by atoms with van der Waals surface area (Å²) < 4.78 is 0. The topological polar surface area (TPSA) is 57.8 Å². The van der Waals surface area contributed by atoms with E-state index < -0.39 is 0 Å². The fourth-order valence-electron chi connectivity index (χ4n) is 1.84. The van der Waals surface area contributed by atoms with Gasteiger partial charge >= 0.3 is 0 Å². The van der Waals surface area contributed by atoms with Gasteiger partial charge in [0, 0.05) is 12.0 Å². The molecule has 4 heteroatoms. The number of aromatic nitrogens is 2. The van der Waals surface area contributed by atoms with E-state index in [1.807, 2.05) is 6.92 Å². The Labute approximate surface area is 89.5 Å². The second-order valence-corrected chi connectivity index (χ2v) is 4.17. The average Bonchev–Trinajstić information content (AvgIpc) is 2.59. The molecule has 4 nitrogen and oxygen atoms in total. The highest BCUT2D eigenvalue weighted by Crippen LogP contribution is 2.29. The molecule has 1 aromatic rings. The highest BCUT2D eigenvalue weighted by atomic mass is 16.1. The number of nitrogens with one attached hydrogen (secondary N) is 2. The van der Waals surface area contributed by atoms with E-state index in [2.05, 4.69) is 15.5 Å². The summed E-state index contributed by atoms with van der Waals surface area (Å²) in [6.45, 7) is 2.05. The molecule has 1 fully saturated rings. The molecule has 0 bridgehead atoms. The standard InChI is InChI=1S/C11H17N3O/c1-2-9-7-12-14-11(9)13-10(15)6-8-4-3-5-8/h7-8H,2-6H2,1H3,(H2,12,13,14,15). The molecule has 15 heavy (non-hydrogen) atoms. The minimum Gasteiger partial charge on any atom is -0.311 e. The van der Waals surface area contributed by atoms with Gasteiger partial charge in [0.25, 0.3) is 0 Å². The van der Waals surface area contributed by atoms with Crippen LogP contribution in [0.15, 0.2) is 6.20 Å². The third kappa shape index (κ3) is 2.37. The van der Waals surface area contributed by atoms with Crippen molar-refractivity contribution in [2.24, 2.45) is 5.92 Å². The highest BCUT2D eigenvalue weighted by molar-refractivity contribution is 5.90. The van der Waals surface area contributed by atoms with Crippen molar-refractivity contribution in [3.63, 3.8) is 0 Å². The van der Waals surface area contributed by atoms with E-state index in [1.54, 1.807) is 6.20 Å². The number of anilines is 1. The summed E-state index contributed by atoms with van der Waals surface area (Å²) in [4.78, 5) is 11.6. The first-order valence-electron chi connectivity index (χ1n) is 5.61. The van der Waals surface area contributed by atoms with Crippen LogP contribution in [0.25, 0.3) is 0 Å². The van der Waals surface area contributed by atoms with Crippen LogP contribution in [-0.2, 0) is 11.2 Å². The molecule has 0 saturated heterocycles. The quantitative estimate of drug-likeness (QED) is 0.794. The Balaban J connectivity index is 1.87. The summed E-state index contributed by atoms with van der Waals surface area (Å²) in [6.07, 6.45) is 6.99. The lowest BCUT2D eigenvalue weighted by Crippen LogP contribution is -2.21. The van der Waals surface area contributed by atoms with Crippen molar-refractivity contribution in [1.29, 1.82) is 0 Å². The number of carbonyl (C=O) groups is 1. The molecule has 1 aliphatic carbocycles. The summed E-state index contributed by atoms with van der Waals surface area (Å²) in [6, 6.07) is 0. The van der Waals surface area contributed by atoms with Gasteiger partial charge in [-0.25, -0.2) is 0 Å². The van der Waals surface area contributed by atoms with Gasteiger partial charge in [-0.15, -0.1) is 0 Å². The first-order valence-corrected chi connectivity index (χ1v) is 5.61. The summed E-state index contributed by atoms with van der Waals surface area (Å²) in [5.41, 5.74) is 1.07. The van der Waals surface area contributed by atoms with E-state index in [-0.39, 0.29) is 5.91 Å². The Morgan fingerprint density at radius 3 is 3.07 bits per heavy atom. The van der Waals surface area contributed by atoms with Crippen LogP contribution in [-0.4, -0.2) is 16.1 Å². The third-order valence-electron chi connectivity index (χ3n) is 3.06. The maximum absolute atomic E-state index is 11.6. The maximum atomic E-state index is 11.6. The Kier molecular flexibility index (Phi) is 3.04. The highest BCUT2D eigenvalue weighted by Gasteiger charge is 2.21. The fourth-order valence-corrected chi connectivity index (χ4v) is 1.84. The van der Waals surface area contributed by atoms with Crippen molar-refractivity contribution in [1.82, 2.24) is 10.2 Å². The number of amides is 1. The zero-order valence-electron chi connectivity index (χ0n) is 9.05. The number of aryl methyl sites for hydroxylation is 1. The number of rotatable bonds is 4. The number of nitrogens with zero attached hydrogens (tertiary/aromatic N) is 1. The van der Waals surface area contributed by atoms with Gasteiger partial charge in [0.05, 0.1) is 6.20 Å². The Morgan fingerprint density at radius 1 is 1.67 bits per heavy atom. The summed E-state index contributed by atoms with van der Waals surface area (Å²) in [5.74, 6) is 1.48. The zero-order valence-corrected chi connectivity index (χ0v) is 9.05. The van der Waals surface area contributed by atoms with E-state index >= 15 is 0 Å². The summed E-state index contributed by atoms with van der Waals surface area (Å²) >= 11 is 0. The van der Waals surface area contributed by atoms with Gasteiger partial charge in [0.2, 0.25) is 5.91 Å². The second kappa shape index (κ2) is 4.47. The number of H-pyrrole nitrogens is 1. The largest absolute Gasteiger partial charge is 0.311 e. The molecule has 1 amide bonds. The minimum atomic E-state index is 0.110. The van der Waals surface area contributed by atoms with Crippen LogP contribution in [0.3, 0.4) is 0 Å². The SMILES string of the molecule is CCc1cn[nH]c1NC(=O)CC1CCC1. The Hall–Kier alpha value is -1.32. The van der Waals surface area contributed by atoms with Gasteiger partial charge in [-0.2, -0.15) is 5.10 Å². The van der Waals surface area contributed by atoms with Gasteiger partial charge in [0.15, 0.2) is 0 Å². The zero-order chi connectivity index (χ0) is 10.7. The molecule has 82 valence electrons. The molecule has 0 aliphatic heterocycles. The van der Waals surface area contributed by atoms with Gasteiger partial charge in [-0.05, 0) is 25.2 Å². The summed E-state index contributed by atoms with van der Waals surface area (Å²) in [5, 5.41) is 9.62. The van der Waals surface area contributed by atoms with Gasteiger partial charge in [0.1, 0.15) is 5.82 Å². The molecule has 2 rings (SSSR count). The van der Waals surface area contributed by atoms with Gasteiger partial charge in [-0.3, -0.25) is 9.89 Å². The normalized spacial score (nSPS) is 16.1.